The summed E-state index contributed by atoms with van der Waals surface area (Å²) in [7, 11) is 0. The van der Waals surface area contributed by atoms with Gasteiger partial charge in [-0.25, -0.2) is 4.79 Å². The first-order valence-corrected chi connectivity index (χ1v) is 7.86. The lowest BCUT2D eigenvalue weighted by Gasteiger charge is -2.43. The Morgan fingerprint density at radius 3 is 1.17 bits per heavy atom. The summed E-state index contributed by atoms with van der Waals surface area (Å²) in [6, 6.07) is 0. The molecule has 0 amide bonds. The number of hydrogen-bond acceptors (Lipinski definition) is 2. The molecule has 21 heteroatoms. The fraction of sp³-hybridized carbons (Fsp3) is 0.786. The first kappa shape index (κ1) is 32.9. The van der Waals surface area contributed by atoms with E-state index in [1.54, 1.807) is 0 Å². The van der Waals surface area contributed by atoms with E-state index in [0.717, 1.165) is 0 Å². The zero-order valence-electron chi connectivity index (χ0n) is 15.7. The molecular formula is C14H7F19O2. The van der Waals surface area contributed by atoms with Gasteiger partial charge in [0.1, 0.15) is 0 Å². The lowest BCUT2D eigenvalue weighted by atomic mass is 9.88. The molecule has 0 radical (unpaired) electrons. The van der Waals surface area contributed by atoms with Crippen LogP contribution in [0.25, 0.3) is 0 Å². The number of ether oxygens (including phenoxy) is 1. The lowest BCUT2D eigenvalue weighted by molar-refractivity contribution is -0.468. The van der Waals surface area contributed by atoms with E-state index in [1.807, 2.05) is 0 Å². The Hall–Kier alpha value is -2.12. The van der Waals surface area contributed by atoms with Gasteiger partial charge in [-0.3, -0.25) is 0 Å². The van der Waals surface area contributed by atoms with Crippen LogP contribution in [0, 0.1) is 0 Å². The van der Waals surface area contributed by atoms with Gasteiger partial charge in [0, 0.05) is 18.9 Å². The molecule has 0 heterocycles. The fourth-order valence-electron chi connectivity index (χ4n) is 1.89. The monoisotopic (exact) mass is 568 g/mol. The molecule has 0 fully saturated rings. The van der Waals surface area contributed by atoms with E-state index in [2.05, 4.69) is 11.3 Å². The van der Waals surface area contributed by atoms with Gasteiger partial charge in [-0.05, 0) is 0 Å². The zero-order valence-corrected chi connectivity index (χ0v) is 15.7. The molecule has 0 aliphatic carbocycles. The molecule has 208 valence electrons. The molecule has 0 rings (SSSR count). The van der Waals surface area contributed by atoms with Crippen molar-refractivity contribution in [3.8, 4) is 0 Å². The highest BCUT2D eigenvalue weighted by Crippen LogP contribution is 2.64. The van der Waals surface area contributed by atoms with Crippen LogP contribution in [-0.4, -0.2) is 59.7 Å². The fourth-order valence-corrected chi connectivity index (χ4v) is 1.89. The van der Waals surface area contributed by atoms with Crippen LogP contribution >= 0.6 is 0 Å². The second-order valence-electron chi connectivity index (χ2n) is 6.41. The average Bonchev–Trinajstić information content (AvgIpc) is 2.64. The lowest BCUT2D eigenvalue weighted by Crippen LogP contribution is -2.75. The molecule has 0 bridgehead atoms. The molecule has 0 atom stereocenters. The third-order valence-corrected chi connectivity index (χ3v) is 3.91. The summed E-state index contributed by atoms with van der Waals surface area (Å²) in [5.41, 5.74) is 0. The van der Waals surface area contributed by atoms with Gasteiger partial charge in [-0.2, -0.15) is 83.4 Å². The van der Waals surface area contributed by atoms with Crippen molar-refractivity contribution in [2.45, 2.75) is 66.6 Å². The maximum Gasteiger partial charge on any atom is 0.473 e. The van der Waals surface area contributed by atoms with Crippen LogP contribution in [0.4, 0.5) is 83.4 Å². The molecule has 2 nitrogen and oxygen atoms in total. The predicted molar refractivity (Wildman–Crippen MR) is 71.2 cm³/mol. The van der Waals surface area contributed by atoms with Crippen molar-refractivity contribution in [1.29, 1.82) is 0 Å². The average molecular weight is 568 g/mol. The third-order valence-electron chi connectivity index (χ3n) is 3.91. The van der Waals surface area contributed by atoms with E-state index in [-0.39, 0.29) is 0 Å². The second kappa shape index (κ2) is 8.77. The summed E-state index contributed by atoms with van der Waals surface area (Å²) in [5.74, 6) is -60.8. The molecule has 0 aromatic rings. The molecule has 0 spiro atoms. The normalized spacial score (nSPS) is 15.7. The Balaban J connectivity index is 6.69. The van der Waals surface area contributed by atoms with Crippen LogP contribution in [0.1, 0.15) is 12.8 Å². The minimum Gasteiger partial charge on any atom is -0.393 e. The number of hydrogen-bond donors (Lipinski definition) is 0. The maximum atomic E-state index is 13.5. The first-order valence-electron chi connectivity index (χ1n) is 7.86. The highest BCUT2D eigenvalue weighted by atomic mass is 19.4. The topological polar surface area (TPSA) is 26.3 Å². The minimum atomic E-state index is -8.80. The predicted octanol–water partition coefficient (Wildman–Crippen LogP) is 7.10. The van der Waals surface area contributed by atoms with Crippen LogP contribution in [-0.2, 0) is 9.53 Å². The van der Waals surface area contributed by atoms with E-state index >= 15 is 0 Å². The molecule has 35 heavy (non-hydrogen) atoms. The molecule has 0 unspecified atom stereocenters. The van der Waals surface area contributed by atoms with Crippen LogP contribution in [0.15, 0.2) is 12.7 Å². The Morgan fingerprint density at radius 1 is 0.543 bits per heavy atom. The number of rotatable bonds is 11. The zero-order chi connectivity index (χ0) is 28.9. The van der Waals surface area contributed by atoms with Crippen molar-refractivity contribution >= 4 is 5.97 Å². The summed E-state index contributed by atoms with van der Waals surface area (Å²) in [6.07, 6.45) is -20.3. The Bertz CT molecular complexity index is 794. The number of esters is 1. The van der Waals surface area contributed by atoms with Crippen LogP contribution in [0.3, 0.4) is 0 Å². The molecule has 0 aliphatic rings. The van der Waals surface area contributed by atoms with Crippen LogP contribution in [0.5, 0.6) is 0 Å². The third kappa shape index (κ3) is 5.08. The van der Waals surface area contributed by atoms with E-state index < -0.39 is 78.6 Å². The largest absolute Gasteiger partial charge is 0.473 e. The molecule has 0 saturated heterocycles. The Morgan fingerprint density at radius 2 is 0.857 bits per heavy atom. The number of carbonyl (C=O) groups is 1. The van der Waals surface area contributed by atoms with Crippen molar-refractivity contribution in [2.75, 3.05) is 0 Å². The summed E-state index contributed by atoms with van der Waals surface area (Å²) in [4.78, 5) is 10.5. The van der Waals surface area contributed by atoms with Crippen molar-refractivity contribution < 1.29 is 92.9 Å². The van der Waals surface area contributed by atoms with Gasteiger partial charge in [0.05, 0.1) is 0 Å². The van der Waals surface area contributed by atoms with E-state index in [1.165, 1.54) is 0 Å². The van der Waals surface area contributed by atoms with Gasteiger partial charge in [0.15, 0.2) is 0 Å². The van der Waals surface area contributed by atoms with Crippen molar-refractivity contribution in [3.63, 3.8) is 0 Å². The second-order valence-corrected chi connectivity index (χ2v) is 6.41. The van der Waals surface area contributed by atoms with E-state index in [9.17, 15) is 88.2 Å². The van der Waals surface area contributed by atoms with Crippen molar-refractivity contribution in [1.82, 2.24) is 0 Å². The van der Waals surface area contributed by atoms with Crippen LogP contribution < -0.4 is 0 Å². The Kier molecular flexibility index (Phi) is 8.24. The SMILES string of the molecule is C=CC(=O)OC(F)(F)C(F)(F)C(F)(F)C(F)(F)C(F)(F)C(F)(F)C(F)(F)C(F)(F)CCC(F)(F)F. The number of alkyl halides is 19. The van der Waals surface area contributed by atoms with E-state index in [4.69, 9.17) is 0 Å². The summed E-state index contributed by atoms with van der Waals surface area (Å²) >= 11 is 0. The van der Waals surface area contributed by atoms with Gasteiger partial charge in [-0.1, -0.05) is 6.58 Å². The number of carbonyl (C=O) groups excluding carboxylic acids is 1. The summed E-state index contributed by atoms with van der Waals surface area (Å²) in [6.45, 7) is 2.26. The quantitative estimate of drug-likeness (QED) is 0.151. The summed E-state index contributed by atoms with van der Waals surface area (Å²) in [5, 5.41) is 0. The standard InChI is InChI=1S/C14H7F19O2/c1-2-5(34)35-14(32,33)13(30,31)12(28,29)11(26,27)10(24,25)9(22,23)8(20,21)6(15,16)3-4-7(17,18)19/h2H,1,3-4H2. The highest BCUT2D eigenvalue weighted by Gasteiger charge is 2.95. The maximum absolute atomic E-state index is 13.5. The minimum absolute atomic E-state index is 0.507. The van der Waals surface area contributed by atoms with Crippen molar-refractivity contribution in [2.24, 2.45) is 0 Å². The van der Waals surface area contributed by atoms with Gasteiger partial charge in [0.2, 0.25) is 0 Å². The van der Waals surface area contributed by atoms with E-state index in [0.29, 0.717) is 0 Å². The number of halogens is 19. The highest BCUT2D eigenvalue weighted by molar-refractivity contribution is 5.81. The smallest absolute Gasteiger partial charge is 0.393 e. The molecular weight excluding hydrogens is 561 g/mol. The summed E-state index contributed by atoms with van der Waals surface area (Å²) < 4.78 is 252. The van der Waals surface area contributed by atoms with Gasteiger partial charge >= 0.3 is 59.7 Å². The first-order chi connectivity index (χ1) is 14.9. The molecule has 0 aliphatic heterocycles. The van der Waals surface area contributed by atoms with Crippen LogP contribution in [0.2, 0.25) is 0 Å². The van der Waals surface area contributed by atoms with Crippen molar-refractivity contribution in [3.05, 3.63) is 12.7 Å². The van der Waals surface area contributed by atoms with Gasteiger partial charge < -0.3 is 4.74 Å². The molecule has 0 saturated carbocycles. The van der Waals surface area contributed by atoms with Gasteiger partial charge in [0.25, 0.3) is 0 Å². The Labute approximate surface area is 179 Å². The molecule has 0 N–H and O–H groups in total. The molecule has 0 aromatic carbocycles. The van der Waals surface area contributed by atoms with Gasteiger partial charge in [-0.15, -0.1) is 0 Å². The molecule has 0 aromatic heterocycles.